The first-order valence-electron chi connectivity index (χ1n) is 22.8. The maximum atomic E-state index is 10.9. The van der Waals surface area contributed by atoms with E-state index in [0.29, 0.717) is 23.6 Å². The van der Waals surface area contributed by atoms with Gasteiger partial charge in [0.25, 0.3) is 0 Å². The third-order valence-corrected chi connectivity index (χ3v) is 13.2. The van der Waals surface area contributed by atoms with Crippen LogP contribution in [-0.4, -0.2) is 244 Å². The number of ether oxygens (including phenoxy) is 8. The van der Waals surface area contributed by atoms with Crippen LogP contribution in [0.5, 0.6) is 0 Å². The van der Waals surface area contributed by atoms with Crippen molar-refractivity contribution in [2.24, 2.45) is 0 Å². The lowest BCUT2D eigenvalue weighted by molar-refractivity contribution is -0.358. The second kappa shape index (κ2) is 23.9. The van der Waals surface area contributed by atoms with Crippen molar-refractivity contribution in [2.45, 2.75) is 181 Å². The molecule has 8 heterocycles. The van der Waals surface area contributed by atoms with E-state index < -0.39 is 128 Å². The zero-order valence-corrected chi connectivity index (χ0v) is 39.8. The van der Waals surface area contributed by atoms with Gasteiger partial charge in [-0.2, -0.15) is 0 Å². The number of nitrogens with zero attached hydrogens (tertiary/aromatic N) is 12. The Morgan fingerprint density at radius 3 is 1.44 bits per heavy atom. The van der Waals surface area contributed by atoms with E-state index in [4.69, 9.17) is 61.1 Å². The molecule has 4 fully saturated rings. The molecule has 0 unspecified atom stereocenters. The average Bonchev–Trinajstić information content (AvgIpc) is 4.24. The van der Waals surface area contributed by atoms with Gasteiger partial charge in [0.2, 0.25) is 5.79 Å². The van der Waals surface area contributed by atoms with E-state index in [1.165, 1.54) is 32.6 Å². The van der Waals surface area contributed by atoms with Crippen molar-refractivity contribution < 1.29 is 94.1 Å². The molecule has 4 saturated heterocycles. The van der Waals surface area contributed by atoms with Crippen molar-refractivity contribution in [1.82, 2.24) is 60.0 Å². The minimum atomic E-state index is -2.11. The van der Waals surface area contributed by atoms with Crippen LogP contribution in [0.3, 0.4) is 0 Å². The highest BCUT2D eigenvalue weighted by Gasteiger charge is 2.58. The predicted octanol–water partition coefficient (Wildman–Crippen LogP) is -6.65. The molecule has 4 aliphatic heterocycles. The van der Waals surface area contributed by atoms with Gasteiger partial charge in [0, 0.05) is 6.54 Å². The molecule has 0 spiro atoms. The summed E-state index contributed by atoms with van der Waals surface area (Å²) in [5.41, 5.74) is 1.42. The Balaban J connectivity index is 0.780. The molecular weight excluding hydrogens is 1010 g/mol. The summed E-state index contributed by atoms with van der Waals surface area (Å²) < 4.78 is 51.4. The molecule has 402 valence electrons. The summed E-state index contributed by atoms with van der Waals surface area (Å²) in [5.74, 6) is -2.65. The predicted molar refractivity (Wildman–Crippen MR) is 231 cm³/mol. The number of rotatable bonds is 22. The van der Waals surface area contributed by atoms with Crippen LogP contribution < -0.4 is 0 Å². The Morgan fingerprint density at radius 1 is 0.542 bits per heavy atom. The van der Waals surface area contributed by atoms with Gasteiger partial charge in [-0.25, -0.2) is 14.0 Å². The van der Waals surface area contributed by atoms with Gasteiger partial charge < -0.3 is 94.1 Å². The van der Waals surface area contributed by atoms with Gasteiger partial charge in [-0.3, -0.25) is 4.68 Å². The number of hydrogen-bond acceptors (Lipinski definition) is 27. The molecule has 0 radical (unpaired) electrons. The summed E-state index contributed by atoms with van der Waals surface area (Å²) in [7, 11) is 0. The molecular formula is C39H58Cl2N12O19. The lowest BCUT2D eigenvalue weighted by atomic mass is 9.99. The van der Waals surface area contributed by atoms with Crippen molar-refractivity contribution in [3.05, 3.63) is 47.6 Å². The zero-order chi connectivity index (χ0) is 51.4. The summed E-state index contributed by atoms with van der Waals surface area (Å²) in [5, 5.41) is 147. The average molecular weight is 1070 g/mol. The topological polar surface area (TPSA) is 419 Å². The van der Waals surface area contributed by atoms with E-state index >= 15 is 0 Å². The van der Waals surface area contributed by atoms with E-state index in [1.807, 2.05) is 6.92 Å². The second-order valence-electron chi connectivity index (χ2n) is 17.7. The fraction of sp³-hybridized carbons (Fsp3) is 0.795. The first-order valence-corrected chi connectivity index (χ1v) is 23.8. The van der Waals surface area contributed by atoms with Gasteiger partial charge in [-0.1, -0.05) is 27.8 Å². The van der Waals surface area contributed by atoms with E-state index in [0.717, 1.165) is 6.42 Å². The van der Waals surface area contributed by atoms with Crippen LogP contribution in [0, 0.1) is 0 Å². The van der Waals surface area contributed by atoms with Crippen LogP contribution in [0.1, 0.15) is 36.1 Å². The maximum Gasteiger partial charge on any atom is 0.214 e. The number of alkyl halides is 2. The molecule has 31 nitrogen and oxygen atoms in total. The van der Waals surface area contributed by atoms with Crippen LogP contribution in [0.2, 0.25) is 0 Å². The lowest BCUT2D eigenvalue weighted by Gasteiger charge is -2.43. The first-order chi connectivity index (χ1) is 34.5. The summed E-state index contributed by atoms with van der Waals surface area (Å²) in [6, 6.07) is 0. The number of halogens is 2. The molecule has 4 aliphatic rings. The second-order valence-corrected chi connectivity index (χ2v) is 18.5. The molecule has 72 heavy (non-hydrogen) atoms. The first kappa shape index (κ1) is 54.6. The molecule has 0 bridgehead atoms. The lowest BCUT2D eigenvalue weighted by Crippen LogP contribution is -2.61. The van der Waals surface area contributed by atoms with Crippen molar-refractivity contribution in [1.29, 1.82) is 0 Å². The quantitative estimate of drug-likeness (QED) is 0.0326. The Bertz CT molecular complexity index is 2320. The standard InChI is InChI=1S/C39H58Cl2N12O19/c1-2-3-50-4-19(44-46-50)14-66-36-33(62)31(60)27(56)22(69-36)9-52-7-20(45-49-52)15-67-37-34(63)30(59)26(55)21(68-37)8-51-5-17(42-47-51)12-65-13-18-6-53(48-43-18)10-23-28(57)35(64)39(16-40,71-23)72-38-32(61)29(58)25(41)24(11-54)70-38/h4-7,21-38,54-64H,2-3,8-16H2,1H3/t21-,22-,23-,24-,25+,26+,27+,28-,29+,30+,31+,32+,33+,34+,35+,36-,37-,38+,39+/m1/s1. The van der Waals surface area contributed by atoms with Gasteiger partial charge in [-0.15, -0.1) is 43.6 Å². The Morgan fingerprint density at radius 2 is 0.972 bits per heavy atom. The van der Waals surface area contributed by atoms with Crippen molar-refractivity contribution in [2.75, 3.05) is 12.5 Å². The van der Waals surface area contributed by atoms with Gasteiger partial charge in [0.1, 0.15) is 108 Å². The molecule has 11 N–H and O–H groups in total. The summed E-state index contributed by atoms with van der Waals surface area (Å²) >= 11 is 12.2. The fourth-order valence-electron chi connectivity index (χ4n) is 8.36. The summed E-state index contributed by atoms with van der Waals surface area (Å²) in [6.45, 7) is 1.14. The zero-order valence-electron chi connectivity index (χ0n) is 38.3. The minimum absolute atomic E-state index is 0.0565. The third kappa shape index (κ3) is 12.2. The van der Waals surface area contributed by atoms with Gasteiger partial charge in [0.15, 0.2) is 18.9 Å². The SMILES string of the molecule is CCCn1cc(CO[C@@H]2O[C@H](Cn3cc(CO[C@@H]4O[C@H](Cn5cc(COCc6cn(C[C@H]7O[C@@](CCl)(O[C@@H]8O[C@H](CO)[C@H](Cl)[C@H](O)[C@@H]8O)[C@@H](O)[C@@H]7O)nn6)nn5)[C@H](O)[C@H](O)[C@@H]4O)nn3)[C@H](O)[C@H](O)[C@@H]2O)nn1. The van der Waals surface area contributed by atoms with Gasteiger partial charge >= 0.3 is 0 Å². The third-order valence-electron chi connectivity index (χ3n) is 12.3. The van der Waals surface area contributed by atoms with Gasteiger partial charge in [0.05, 0.1) is 88.7 Å². The summed E-state index contributed by atoms with van der Waals surface area (Å²) in [4.78, 5) is 0. The Labute approximate surface area is 417 Å². The number of hydrogen-bond donors (Lipinski definition) is 11. The molecule has 0 amide bonds. The smallest absolute Gasteiger partial charge is 0.214 e. The normalized spacial score (nSPS) is 37.4. The van der Waals surface area contributed by atoms with E-state index in [-0.39, 0.29) is 51.8 Å². The summed E-state index contributed by atoms with van der Waals surface area (Å²) in [6.07, 6.45) is -18.1. The number of aromatic nitrogens is 12. The number of aryl methyl sites for hydroxylation is 1. The van der Waals surface area contributed by atoms with Crippen LogP contribution in [0.25, 0.3) is 0 Å². The maximum absolute atomic E-state index is 10.9. The van der Waals surface area contributed by atoms with Crippen molar-refractivity contribution in [3.8, 4) is 0 Å². The van der Waals surface area contributed by atoms with Gasteiger partial charge in [-0.05, 0) is 6.42 Å². The van der Waals surface area contributed by atoms with Crippen LogP contribution in [0.15, 0.2) is 24.8 Å². The minimum Gasteiger partial charge on any atom is -0.394 e. The molecule has 33 heteroatoms. The van der Waals surface area contributed by atoms with Crippen LogP contribution in [0.4, 0.5) is 0 Å². The highest BCUT2D eigenvalue weighted by molar-refractivity contribution is 6.21. The number of aliphatic hydroxyl groups is 11. The fourth-order valence-corrected chi connectivity index (χ4v) is 8.93. The molecule has 4 aromatic heterocycles. The van der Waals surface area contributed by atoms with E-state index in [1.54, 1.807) is 10.9 Å². The largest absolute Gasteiger partial charge is 0.394 e. The highest BCUT2D eigenvalue weighted by atomic mass is 35.5. The highest BCUT2D eigenvalue weighted by Crippen LogP contribution is 2.38. The Kier molecular flexibility index (Phi) is 18.2. The van der Waals surface area contributed by atoms with E-state index in [2.05, 4.69) is 41.2 Å². The van der Waals surface area contributed by atoms with Crippen LogP contribution in [-0.2, 0) is 90.5 Å². The monoisotopic (exact) mass is 1070 g/mol. The van der Waals surface area contributed by atoms with E-state index in [9.17, 15) is 56.2 Å². The molecule has 8 rings (SSSR count). The van der Waals surface area contributed by atoms with Crippen molar-refractivity contribution >= 4 is 23.2 Å². The molecule has 4 aromatic rings. The Hall–Kier alpha value is -3.62. The molecule has 0 saturated carbocycles. The molecule has 0 aliphatic carbocycles. The molecule has 0 aromatic carbocycles. The van der Waals surface area contributed by atoms with Crippen LogP contribution >= 0.6 is 23.2 Å². The number of aliphatic hydroxyl groups excluding tert-OH is 11. The molecule has 19 atom stereocenters. The van der Waals surface area contributed by atoms with Crippen molar-refractivity contribution in [3.63, 3.8) is 0 Å².